The van der Waals surface area contributed by atoms with Crippen molar-refractivity contribution in [2.24, 2.45) is 5.92 Å². The highest BCUT2D eigenvalue weighted by Gasteiger charge is 2.36. The largest absolute Gasteiger partial charge is 0.307 e. The van der Waals surface area contributed by atoms with Crippen molar-refractivity contribution in [2.75, 3.05) is 0 Å². The Balaban J connectivity index is 1.97. The molecule has 0 amide bonds. The first-order valence-electron chi connectivity index (χ1n) is 7.26. The van der Waals surface area contributed by atoms with Gasteiger partial charge < -0.3 is 5.32 Å². The molecule has 1 saturated carbocycles. The monoisotopic (exact) mass is 249 g/mol. The van der Waals surface area contributed by atoms with Gasteiger partial charge in [-0.25, -0.2) is 4.39 Å². The molecule has 0 aliphatic heterocycles. The number of rotatable bonds is 7. The number of hydrogen-bond donors (Lipinski definition) is 1. The fourth-order valence-electron chi connectivity index (χ4n) is 2.61. The fourth-order valence-corrected chi connectivity index (χ4v) is 2.61. The molecule has 18 heavy (non-hydrogen) atoms. The van der Waals surface area contributed by atoms with Crippen LogP contribution in [0.5, 0.6) is 0 Å². The topological polar surface area (TPSA) is 12.0 Å². The van der Waals surface area contributed by atoms with Gasteiger partial charge in [0.25, 0.3) is 0 Å². The van der Waals surface area contributed by atoms with Crippen LogP contribution in [0.3, 0.4) is 0 Å². The normalized spacial score (nSPS) is 23.9. The summed E-state index contributed by atoms with van der Waals surface area (Å²) in [5.41, 5.74) is 1.23. The molecule has 0 aromatic heterocycles. The lowest BCUT2D eigenvalue weighted by molar-refractivity contribution is 0.462. The van der Waals surface area contributed by atoms with Crippen LogP contribution in [-0.2, 0) is 0 Å². The standard InChI is InChI=1S/C16H24FN/c1-3-5-6-15(18-16-11-12(16)4-2)13-7-9-14(17)10-8-13/h7-10,12,15-16,18H,3-6,11H2,1-2H3. The Kier molecular flexibility index (Phi) is 4.76. The van der Waals surface area contributed by atoms with Crippen molar-refractivity contribution in [3.63, 3.8) is 0 Å². The zero-order valence-corrected chi connectivity index (χ0v) is 11.5. The highest BCUT2D eigenvalue weighted by atomic mass is 19.1. The van der Waals surface area contributed by atoms with E-state index in [9.17, 15) is 4.39 Å². The van der Waals surface area contributed by atoms with Crippen LogP contribution in [0.15, 0.2) is 24.3 Å². The summed E-state index contributed by atoms with van der Waals surface area (Å²) in [6.07, 6.45) is 6.15. The summed E-state index contributed by atoms with van der Waals surface area (Å²) in [5, 5.41) is 3.74. The molecule has 0 bridgehead atoms. The van der Waals surface area contributed by atoms with Crippen LogP contribution in [0.25, 0.3) is 0 Å². The Morgan fingerprint density at radius 3 is 2.56 bits per heavy atom. The Morgan fingerprint density at radius 2 is 2.00 bits per heavy atom. The van der Waals surface area contributed by atoms with Gasteiger partial charge in [-0.15, -0.1) is 0 Å². The molecule has 1 aliphatic rings. The molecule has 1 N–H and O–H groups in total. The Hall–Kier alpha value is -0.890. The van der Waals surface area contributed by atoms with Crippen LogP contribution in [0, 0.1) is 11.7 Å². The van der Waals surface area contributed by atoms with Gasteiger partial charge in [-0.05, 0) is 36.5 Å². The van der Waals surface area contributed by atoms with Gasteiger partial charge in [-0.3, -0.25) is 0 Å². The van der Waals surface area contributed by atoms with Crippen LogP contribution in [0.1, 0.15) is 57.6 Å². The Morgan fingerprint density at radius 1 is 1.28 bits per heavy atom. The molecule has 2 rings (SSSR count). The summed E-state index contributed by atoms with van der Waals surface area (Å²) in [4.78, 5) is 0. The van der Waals surface area contributed by atoms with Gasteiger partial charge in [0.05, 0.1) is 0 Å². The highest BCUT2D eigenvalue weighted by Crippen LogP contribution is 2.36. The lowest BCUT2D eigenvalue weighted by Gasteiger charge is -2.19. The summed E-state index contributed by atoms with van der Waals surface area (Å²) < 4.78 is 13.0. The van der Waals surface area contributed by atoms with Crippen molar-refractivity contribution >= 4 is 0 Å². The quantitative estimate of drug-likeness (QED) is 0.753. The second-order valence-corrected chi connectivity index (χ2v) is 5.42. The summed E-state index contributed by atoms with van der Waals surface area (Å²) >= 11 is 0. The SMILES string of the molecule is CCCCC(NC1CC1CC)c1ccc(F)cc1. The van der Waals surface area contributed by atoms with Crippen molar-refractivity contribution in [1.82, 2.24) is 5.32 Å². The first-order valence-corrected chi connectivity index (χ1v) is 7.26. The van der Waals surface area contributed by atoms with E-state index in [-0.39, 0.29) is 5.82 Å². The molecule has 3 unspecified atom stereocenters. The molecule has 1 nitrogen and oxygen atoms in total. The van der Waals surface area contributed by atoms with E-state index in [0.29, 0.717) is 12.1 Å². The van der Waals surface area contributed by atoms with Gasteiger partial charge in [0.15, 0.2) is 0 Å². The van der Waals surface area contributed by atoms with Gasteiger partial charge in [-0.2, -0.15) is 0 Å². The second kappa shape index (κ2) is 6.33. The number of benzene rings is 1. The van der Waals surface area contributed by atoms with E-state index >= 15 is 0 Å². The van der Waals surface area contributed by atoms with Crippen molar-refractivity contribution in [2.45, 2.75) is 58.0 Å². The average Bonchev–Trinajstić information content (AvgIpc) is 3.14. The van der Waals surface area contributed by atoms with E-state index in [2.05, 4.69) is 19.2 Å². The number of halogens is 1. The summed E-state index contributed by atoms with van der Waals surface area (Å²) in [6, 6.07) is 8.06. The van der Waals surface area contributed by atoms with Gasteiger partial charge >= 0.3 is 0 Å². The van der Waals surface area contributed by atoms with Gasteiger partial charge in [0, 0.05) is 12.1 Å². The third-order valence-corrected chi connectivity index (χ3v) is 3.98. The zero-order valence-electron chi connectivity index (χ0n) is 11.5. The maximum Gasteiger partial charge on any atom is 0.123 e. The molecule has 100 valence electrons. The first kappa shape index (κ1) is 13.5. The smallest absolute Gasteiger partial charge is 0.123 e. The van der Waals surface area contributed by atoms with Crippen molar-refractivity contribution < 1.29 is 4.39 Å². The number of unbranched alkanes of at least 4 members (excludes halogenated alkanes) is 1. The van der Waals surface area contributed by atoms with Crippen LogP contribution in [0.2, 0.25) is 0 Å². The molecule has 1 aromatic rings. The van der Waals surface area contributed by atoms with Gasteiger partial charge in [0.1, 0.15) is 5.82 Å². The maximum absolute atomic E-state index is 13.0. The van der Waals surface area contributed by atoms with E-state index < -0.39 is 0 Å². The Labute approximate surface area is 110 Å². The molecule has 1 aromatic carbocycles. The molecule has 0 heterocycles. The van der Waals surface area contributed by atoms with Crippen molar-refractivity contribution in [3.8, 4) is 0 Å². The van der Waals surface area contributed by atoms with E-state index in [0.717, 1.165) is 12.3 Å². The predicted molar refractivity (Wildman–Crippen MR) is 74.0 cm³/mol. The molecular weight excluding hydrogens is 225 g/mol. The van der Waals surface area contributed by atoms with Crippen molar-refractivity contribution in [1.29, 1.82) is 0 Å². The minimum Gasteiger partial charge on any atom is -0.307 e. The zero-order chi connectivity index (χ0) is 13.0. The molecular formula is C16H24FN. The summed E-state index contributed by atoms with van der Waals surface area (Å²) in [5.74, 6) is 0.709. The minimum absolute atomic E-state index is 0.147. The first-order chi connectivity index (χ1) is 8.74. The Bertz CT molecular complexity index is 360. The molecule has 1 aliphatic carbocycles. The summed E-state index contributed by atoms with van der Waals surface area (Å²) in [7, 11) is 0. The summed E-state index contributed by atoms with van der Waals surface area (Å²) in [6.45, 7) is 4.47. The van der Waals surface area contributed by atoms with E-state index in [1.165, 1.54) is 31.2 Å². The second-order valence-electron chi connectivity index (χ2n) is 5.42. The minimum atomic E-state index is -0.147. The lowest BCUT2D eigenvalue weighted by atomic mass is 10.0. The van der Waals surface area contributed by atoms with Crippen LogP contribution in [-0.4, -0.2) is 6.04 Å². The van der Waals surface area contributed by atoms with E-state index in [1.807, 2.05) is 12.1 Å². The lowest BCUT2D eigenvalue weighted by Crippen LogP contribution is -2.24. The van der Waals surface area contributed by atoms with Gasteiger partial charge in [0.2, 0.25) is 0 Å². The third-order valence-electron chi connectivity index (χ3n) is 3.98. The molecule has 2 heteroatoms. The molecule has 0 spiro atoms. The van der Waals surface area contributed by atoms with Crippen LogP contribution < -0.4 is 5.32 Å². The van der Waals surface area contributed by atoms with Crippen molar-refractivity contribution in [3.05, 3.63) is 35.6 Å². The van der Waals surface area contributed by atoms with E-state index in [4.69, 9.17) is 0 Å². The maximum atomic E-state index is 13.0. The van der Waals surface area contributed by atoms with Crippen LogP contribution in [0.4, 0.5) is 4.39 Å². The molecule has 1 fully saturated rings. The van der Waals surface area contributed by atoms with E-state index in [1.54, 1.807) is 12.1 Å². The highest BCUT2D eigenvalue weighted by molar-refractivity contribution is 5.20. The molecule has 0 saturated heterocycles. The average molecular weight is 249 g/mol. The number of hydrogen-bond acceptors (Lipinski definition) is 1. The number of nitrogens with one attached hydrogen (secondary N) is 1. The third kappa shape index (κ3) is 3.55. The van der Waals surface area contributed by atoms with Gasteiger partial charge in [-0.1, -0.05) is 45.2 Å². The molecule has 0 radical (unpaired) electrons. The fraction of sp³-hybridized carbons (Fsp3) is 0.625. The van der Waals surface area contributed by atoms with Crippen LogP contribution >= 0.6 is 0 Å². The molecule has 3 atom stereocenters. The predicted octanol–water partition coefficient (Wildman–Crippen LogP) is 4.45.